The molecule has 0 spiro atoms. The van der Waals surface area contributed by atoms with E-state index in [4.69, 9.17) is 0 Å². The Hall–Kier alpha value is -2.34. The van der Waals surface area contributed by atoms with E-state index in [1.54, 1.807) is 16.9 Å². The van der Waals surface area contributed by atoms with Crippen molar-refractivity contribution in [1.82, 2.24) is 18.5 Å². The lowest BCUT2D eigenvalue weighted by molar-refractivity contribution is 0.102. The summed E-state index contributed by atoms with van der Waals surface area (Å²) in [5.74, 6) is -0.176. The van der Waals surface area contributed by atoms with Crippen LogP contribution in [-0.4, -0.2) is 24.3 Å². The van der Waals surface area contributed by atoms with E-state index in [1.165, 1.54) is 6.20 Å². The van der Waals surface area contributed by atoms with Gasteiger partial charge in [-0.2, -0.15) is 13.8 Å². The summed E-state index contributed by atoms with van der Waals surface area (Å²) in [5.41, 5.74) is 1.67. The fourth-order valence-electron chi connectivity index (χ4n) is 1.65. The summed E-state index contributed by atoms with van der Waals surface area (Å²) in [7, 11) is 0. The minimum atomic E-state index is -0.176. The molecule has 5 nitrogen and oxygen atoms in total. The van der Waals surface area contributed by atoms with Gasteiger partial charge in [-0.05, 0) is 18.2 Å². The number of hydrogen-bond acceptors (Lipinski definition) is 5. The van der Waals surface area contributed by atoms with Crippen LogP contribution in [0.1, 0.15) is 16.2 Å². The van der Waals surface area contributed by atoms with Crippen molar-refractivity contribution in [3.8, 4) is 5.69 Å². The van der Waals surface area contributed by atoms with Crippen LogP contribution in [0, 0.1) is 0 Å². The molecule has 2 heterocycles. The summed E-state index contributed by atoms with van der Waals surface area (Å²) in [6.07, 6.45) is 3.06. The van der Waals surface area contributed by atoms with Gasteiger partial charge in [0.15, 0.2) is 0 Å². The van der Waals surface area contributed by atoms with Gasteiger partial charge < -0.3 is 0 Å². The fraction of sp³-hybridized carbons (Fsp3) is 0. The molecule has 0 radical (unpaired) electrons. The first kappa shape index (κ1) is 10.8. The lowest BCUT2D eigenvalue weighted by Gasteiger charge is -2.04. The Morgan fingerprint density at radius 3 is 2.72 bits per heavy atom. The molecule has 3 rings (SSSR count). The maximum Gasteiger partial charge on any atom is 0.232 e. The van der Waals surface area contributed by atoms with E-state index in [9.17, 15) is 4.79 Å². The molecule has 3 aromatic rings. The SMILES string of the molecule is O=C(c1cnsn1)c1ccnn1-c1ccccc1. The summed E-state index contributed by atoms with van der Waals surface area (Å²) in [6, 6.07) is 11.2. The predicted molar refractivity (Wildman–Crippen MR) is 66.9 cm³/mol. The average molecular weight is 256 g/mol. The van der Waals surface area contributed by atoms with Gasteiger partial charge >= 0.3 is 0 Å². The second kappa shape index (κ2) is 4.50. The highest BCUT2D eigenvalue weighted by atomic mass is 32.1. The molecule has 18 heavy (non-hydrogen) atoms. The zero-order valence-electron chi connectivity index (χ0n) is 9.22. The van der Waals surface area contributed by atoms with Crippen molar-refractivity contribution in [2.45, 2.75) is 0 Å². The summed E-state index contributed by atoms with van der Waals surface area (Å²) in [5, 5.41) is 4.17. The Morgan fingerprint density at radius 2 is 2.00 bits per heavy atom. The van der Waals surface area contributed by atoms with E-state index in [0.717, 1.165) is 17.4 Å². The molecule has 1 aromatic carbocycles. The molecule has 0 aliphatic carbocycles. The molecule has 0 saturated carbocycles. The topological polar surface area (TPSA) is 60.7 Å². The van der Waals surface area contributed by atoms with Crippen molar-refractivity contribution < 1.29 is 4.79 Å². The van der Waals surface area contributed by atoms with E-state index in [-0.39, 0.29) is 5.78 Å². The monoisotopic (exact) mass is 256 g/mol. The number of nitrogens with zero attached hydrogens (tertiary/aromatic N) is 4. The number of benzene rings is 1. The van der Waals surface area contributed by atoms with Crippen LogP contribution in [-0.2, 0) is 0 Å². The predicted octanol–water partition coefficient (Wildman–Crippen LogP) is 1.95. The van der Waals surface area contributed by atoms with Gasteiger partial charge in [-0.25, -0.2) is 4.68 Å². The second-order valence-electron chi connectivity index (χ2n) is 3.59. The number of ketones is 1. The fourth-order valence-corrected chi connectivity index (χ4v) is 2.06. The molecule has 0 saturated heterocycles. The van der Waals surface area contributed by atoms with Crippen molar-refractivity contribution in [3.05, 3.63) is 60.2 Å². The Balaban J connectivity index is 2.05. The number of carbonyl (C=O) groups is 1. The van der Waals surface area contributed by atoms with Crippen LogP contribution >= 0.6 is 11.7 Å². The molecule has 0 N–H and O–H groups in total. The maximum absolute atomic E-state index is 12.2. The third-order valence-corrected chi connectivity index (χ3v) is 2.95. The van der Waals surface area contributed by atoms with Crippen LogP contribution in [0.25, 0.3) is 5.69 Å². The highest BCUT2D eigenvalue weighted by molar-refractivity contribution is 6.99. The van der Waals surface area contributed by atoms with Crippen molar-refractivity contribution >= 4 is 17.5 Å². The number of rotatable bonds is 3. The van der Waals surface area contributed by atoms with Gasteiger partial charge in [-0.15, -0.1) is 0 Å². The largest absolute Gasteiger partial charge is 0.285 e. The molecule has 2 aromatic heterocycles. The lowest BCUT2D eigenvalue weighted by Crippen LogP contribution is -2.10. The molecule has 0 amide bonds. The van der Waals surface area contributed by atoms with Crippen molar-refractivity contribution in [3.63, 3.8) is 0 Å². The van der Waals surface area contributed by atoms with Crippen LogP contribution in [0.3, 0.4) is 0 Å². The average Bonchev–Trinajstić information content (AvgIpc) is 3.10. The van der Waals surface area contributed by atoms with Gasteiger partial charge in [0.05, 0.1) is 29.8 Å². The first-order chi connectivity index (χ1) is 8.86. The van der Waals surface area contributed by atoms with Crippen molar-refractivity contribution in [1.29, 1.82) is 0 Å². The van der Waals surface area contributed by atoms with Gasteiger partial charge in [-0.1, -0.05) is 18.2 Å². The highest BCUT2D eigenvalue weighted by Gasteiger charge is 2.17. The molecule has 88 valence electrons. The van der Waals surface area contributed by atoms with Gasteiger partial charge in [0.1, 0.15) is 11.4 Å². The van der Waals surface area contributed by atoms with E-state index in [1.807, 2.05) is 30.3 Å². The van der Waals surface area contributed by atoms with E-state index < -0.39 is 0 Å². The van der Waals surface area contributed by atoms with Crippen LogP contribution in [0.2, 0.25) is 0 Å². The Morgan fingerprint density at radius 1 is 1.17 bits per heavy atom. The van der Waals surface area contributed by atoms with Crippen LogP contribution in [0.15, 0.2) is 48.8 Å². The van der Waals surface area contributed by atoms with E-state index in [0.29, 0.717) is 11.4 Å². The minimum absolute atomic E-state index is 0.176. The maximum atomic E-state index is 12.2. The normalized spacial score (nSPS) is 10.4. The van der Waals surface area contributed by atoms with Gasteiger partial charge in [0.2, 0.25) is 5.78 Å². The van der Waals surface area contributed by atoms with Gasteiger partial charge in [0.25, 0.3) is 0 Å². The quantitative estimate of drug-likeness (QED) is 0.672. The molecule has 6 heteroatoms. The first-order valence-electron chi connectivity index (χ1n) is 5.28. The van der Waals surface area contributed by atoms with Gasteiger partial charge in [0, 0.05) is 0 Å². The number of carbonyl (C=O) groups excluding carboxylic acids is 1. The molecule has 0 unspecified atom stereocenters. The lowest BCUT2D eigenvalue weighted by atomic mass is 10.2. The summed E-state index contributed by atoms with van der Waals surface area (Å²) in [4.78, 5) is 12.2. The molecule has 0 fully saturated rings. The summed E-state index contributed by atoms with van der Waals surface area (Å²) >= 11 is 1.02. The third kappa shape index (κ3) is 1.82. The second-order valence-corrected chi connectivity index (χ2v) is 4.14. The molecule has 0 atom stereocenters. The van der Waals surface area contributed by atoms with Crippen LogP contribution in [0.5, 0.6) is 0 Å². The first-order valence-corrected chi connectivity index (χ1v) is 6.01. The molecular formula is C12H8N4OS. The Bertz CT molecular complexity index is 660. The standard InChI is InChI=1S/C12H8N4OS/c17-12(10-8-14-18-15-10)11-6-7-13-16(11)9-4-2-1-3-5-9/h1-8H. The smallest absolute Gasteiger partial charge is 0.232 e. The number of aromatic nitrogens is 4. The summed E-state index contributed by atoms with van der Waals surface area (Å²) < 4.78 is 9.38. The van der Waals surface area contributed by atoms with Crippen molar-refractivity contribution in [2.75, 3.05) is 0 Å². The zero-order valence-corrected chi connectivity index (χ0v) is 10.0. The molecule has 0 aliphatic heterocycles. The number of para-hydroxylation sites is 1. The summed E-state index contributed by atoms with van der Waals surface area (Å²) in [6.45, 7) is 0. The molecule has 0 aliphatic rings. The zero-order chi connectivity index (χ0) is 12.4. The minimum Gasteiger partial charge on any atom is -0.285 e. The van der Waals surface area contributed by atoms with E-state index in [2.05, 4.69) is 13.8 Å². The van der Waals surface area contributed by atoms with E-state index >= 15 is 0 Å². The van der Waals surface area contributed by atoms with Gasteiger partial charge in [-0.3, -0.25) is 4.79 Å². The molecular weight excluding hydrogens is 248 g/mol. The molecule has 0 bridgehead atoms. The van der Waals surface area contributed by atoms with Crippen LogP contribution < -0.4 is 0 Å². The Kier molecular flexibility index (Phi) is 2.70. The third-order valence-electron chi connectivity index (χ3n) is 2.47. The number of hydrogen-bond donors (Lipinski definition) is 0. The Labute approximate surface area is 107 Å². The van der Waals surface area contributed by atoms with Crippen LogP contribution in [0.4, 0.5) is 0 Å². The highest BCUT2D eigenvalue weighted by Crippen LogP contribution is 2.13. The van der Waals surface area contributed by atoms with Crippen molar-refractivity contribution in [2.24, 2.45) is 0 Å².